The standard InChI is InChI=1S/C31H56O2/c1-4-6-8-10-26-15-17-28(18-16-26)29-20-23-31(24-21-29,30(32)33-3)22-19-27-13-11-25(12-14-27)9-7-5-2/h25-29H,4-24H2,1-3H3. The van der Waals surface area contributed by atoms with E-state index in [0.29, 0.717) is 0 Å². The van der Waals surface area contributed by atoms with Crippen LogP contribution in [0.2, 0.25) is 0 Å². The van der Waals surface area contributed by atoms with Crippen molar-refractivity contribution in [1.29, 1.82) is 0 Å². The lowest BCUT2D eigenvalue weighted by Crippen LogP contribution is -2.39. The summed E-state index contributed by atoms with van der Waals surface area (Å²) in [7, 11) is 1.62. The first-order valence-electron chi connectivity index (χ1n) is 15.2. The Morgan fingerprint density at radius 2 is 1.15 bits per heavy atom. The van der Waals surface area contributed by atoms with Crippen molar-refractivity contribution in [3.63, 3.8) is 0 Å². The van der Waals surface area contributed by atoms with E-state index >= 15 is 0 Å². The molecule has 0 spiro atoms. The zero-order valence-corrected chi connectivity index (χ0v) is 22.6. The summed E-state index contributed by atoms with van der Waals surface area (Å²) in [4.78, 5) is 13.0. The second-order valence-electron chi connectivity index (χ2n) is 12.5. The first kappa shape index (κ1) is 27.1. The molecule has 0 aromatic rings. The van der Waals surface area contributed by atoms with E-state index in [1.54, 1.807) is 7.11 Å². The summed E-state index contributed by atoms with van der Waals surface area (Å²) in [6.07, 6.45) is 28.4. The van der Waals surface area contributed by atoms with E-state index in [9.17, 15) is 4.79 Å². The van der Waals surface area contributed by atoms with Gasteiger partial charge in [-0.25, -0.2) is 0 Å². The lowest BCUT2D eigenvalue weighted by atomic mass is 9.62. The Balaban J connectivity index is 1.42. The van der Waals surface area contributed by atoms with Crippen LogP contribution >= 0.6 is 0 Å². The summed E-state index contributed by atoms with van der Waals surface area (Å²) in [5.41, 5.74) is -0.165. The van der Waals surface area contributed by atoms with Gasteiger partial charge >= 0.3 is 5.97 Å². The molecule has 0 heterocycles. The van der Waals surface area contributed by atoms with Gasteiger partial charge in [-0.15, -0.1) is 0 Å². The zero-order chi connectivity index (χ0) is 23.5. The summed E-state index contributed by atoms with van der Waals surface area (Å²) >= 11 is 0. The SMILES string of the molecule is CCCCCC1CCC(C2CCC(CCC3CCC(CCCC)CC3)(C(=O)OC)CC2)CC1. The van der Waals surface area contributed by atoms with Gasteiger partial charge in [-0.3, -0.25) is 4.79 Å². The van der Waals surface area contributed by atoms with Gasteiger partial charge in [-0.05, 0) is 81.0 Å². The third-order valence-electron chi connectivity index (χ3n) is 10.3. The normalized spacial score (nSPS) is 35.3. The summed E-state index contributed by atoms with van der Waals surface area (Å²) in [6, 6.07) is 0. The summed E-state index contributed by atoms with van der Waals surface area (Å²) < 4.78 is 5.40. The minimum atomic E-state index is -0.165. The van der Waals surface area contributed by atoms with Crippen molar-refractivity contribution in [3.05, 3.63) is 0 Å². The molecule has 2 heteroatoms. The molecule has 3 fully saturated rings. The third kappa shape index (κ3) is 7.99. The number of unbranched alkanes of at least 4 members (excludes halogenated alkanes) is 3. The highest BCUT2D eigenvalue weighted by molar-refractivity contribution is 5.76. The average molecular weight is 461 g/mol. The monoisotopic (exact) mass is 460 g/mol. The van der Waals surface area contributed by atoms with Crippen LogP contribution in [0, 0.1) is 35.0 Å². The fraction of sp³-hybridized carbons (Fsp3) is 0.968. The Bertz CT molecular complexity index is 531. The number of hydrogen-bond acceptors (Lipinski definition) is 2. The van der Waals surface area contributed by atoms with Crippen LogP contribution in [-0.2, 0) is 9.53 Å². The maximum atomic E-state index is 13.0. The van der Waals surface area contributed by atoms with E-state index in [2.05, 4.69) is 13.8 Å². The smallest absolute Gasteiger partial charge is 0.311 e. The quantitative estimate of drug-likeness (QED) is 0.214. The molecule has 192 valence electrons. The van der Waals surface area contributed by atoms with Crippen molar-refractivity contribution in [2.24, 2.45) is 35.0 Å². The molecule has 0 unspecified atom stereocenters. The van der Waals surface area contributed by atoms with Crippen LogP contribution in [0.25, 0.3) is 0 Å². The van der Waals surface area contributed by atoms with Crippen molar-refractivity contribution >= 4 is 5.97 Å². The van der Waals surface area contributed by atoms with Crippen LogP contribution in [0.1, 0.15) is 149 Å². The highest BCUT2D eigenvalue weighted by Gasteiger charge is 2.44. The maximum Gasteiger partial charge on any atom is 0.311 e. The van der Waals surface area contributed by atoms with Gasteiger partial charge in [0.05, 0.1) is 12.5 Å². The number of carbonyl (C=O) groups is 1. The maximum absolute atomic E-state index is 13.0. The Hall–Kier alpha value is -0.530. The molecule has 0 saturated heterocycles. The minimum Gasteiger partial charge on any atom is -0.469 e. The van der Waals surface area contributed by atoms with Crippen LogP contribution in [0.3, 0.4) is 0 Å². The van der Waals surface area contributed by atoms with E-state index < -0.39 is 0 Å². The highest BCUT2D eigenvalue weighted by Crippen LogP contribution is 2.49. The molecule has 0 radical (unpaired) electrons. The minimum absolute atomic E-state index is 0.109. The Labute approximate surface area is 206 Å². The van der Waals surface area contributed by atoms with Crippen LogP contribution in [-0.4, -0.2) is 13.1 Å². The first-order chi connectivity index (χ1) is 16.1. The lowest BCUT2D eigenvalue weighted by molar-refractivity contribution is -0.157. The fourth-order valence-corrected chi connectivity index (χ4v) is 7.85. The van der Waals surface area contributed by atoms with E-state index in [4.69, 9.17) is 4.74 Å². The van der Waals surface area contributed by atoms with Crippen molar-refractivity contribution in [1.82, 2.24) is 0 Å². The molecule has 0 aromatic carbocycles. The molecule has 0 aliphatic heterocycles. The van der Waals surface area contributed by atoms with Gasteiger partial charge < -0.3 is 4.74 Å². The van der Waals surface area contributed by atoms with Gasteiger partial charge in [0, 0.05) is 0 Å². The second kappa shape index (κ2) is 14.1. The average Bonchev–Trinajstić information content (AvgIpc) is 2.87. The number of methoxy groups -OCH3 is 1. The molecule has 0 atom stereocenters. The van der Waals surface area contributed by atoms with Crippen LogP contribution in [0.15, 0.2) is 0 Å². The predicted molar refractivity (Wildman–Crippen MR) is 140 cm³/mol. The highest BCUT2D eigenvalue weighted by atomic mass is 16.5. The van der Waals surface area contributed by atoms with Gasteiger partial charge in [0.25, 0.3) is 0 Å². The topological polar surface area (TPSA) is 26.3 Å². The first-order valence-corrected chi connectivity index (χ1v) is 15.2. The summed E-state index contributed by atoms with van der Waals surface area (Å²) in [5.74, 6) is 4.74. The van der Waals surface area contributed by atoms with Gasteiger partial charge in [-0.1, -0.05) is 97.3 Å². The molecule has 33 heavy (non-hydrogen) atoms. The van der Waals surface area contributed by atoms with Crippen molar-refractivity contribution in [3.8, 4) is 0 Å². The zero-order valence-electron chi connectivity index (χ0n) is 22.6. The molecule has 3 aliphatic carbocycles. The summed E-state index contributed by atoms with van der Waals surface area (Å²) in [5, 5.41) is 0. The molecule has 2 nitrogen and oxygen atoms in total. The van der Waals surface area contributed by atoms with Crippen LogP contribution in [0.5, 0.6) is 0 Å². The Morgan fingerprint density at radius 3 is 1.70 bits per heavy atom. The molecule has 3 rings (SSSR count). The molecule has 3 saturated carbocycles. The van der Waals surface area contributed by atoms with Crippen molar-refractivity contribution < 1.29 is 9.53 Å². The van der Waals surface area contributed by atoms with E-state index in [1.165, 1.54) is 116 Å². The number of rotatable bonds is 12. The largest absolute Gasteiger partial charge is 0.469 e. The molecule has 0 N–H and O–H groups in total. The van der Waals surface area contributed by atoms with Gasteiger partial charge in [0.1, 0.15) is 0 Å². The Kier molecular flexibility index (Phi) is 11.6. The predicted octanol–water partition coefficient (Wildman–Crippen LogP) is 9.50. The van der Waals surface area contributed by atoms with E-state index in [0.717, 1.165) is 48.9 Å². The van der Waals surface area contributed by atoms with E-state index in [-0.39, 0.29) is 11.4 Å². The molecule has 0 bridgehead atoms. The lowest BCUT2D eigenvalue weighted by Gasteiger charge is -2.43. The number of hydrogen-bond donors (Lipinski definition) is 0. The van der Waals surface area contributed by atoms with Crippen LogP contribution in [0.4, 0.5) is 0 Å². The number of esters is 1. The molecule has 0 amide bonds. The van der Waals surface area contributed by atoms with Crippen molar-refractivity contribution in [2.45, 2.75) is 149 Å². The molecular formula is C31H56O2. The van der Waals surface area contributed by atoms with Gasteiger partial charge in [0.2, 0.25) is 0 Å². The van der Waals surface area contributed by atoms with E-state index in [1.807, 2.05) is 0 Å². The Morgan fingerprint density at radius 1 is 0.667 bits per heavy atom. The number of carbonyl (C=O) groups excluding carboxylic acids is 1. The summed E-state index contributed by atoms with van der Waals surface area (Å²) in [6.45, 7) is 4.62. The molecule has 0 aromatic heterocycles. The fourth-order valence-electron chi connectivity index (χ4n) is 7.85. The van der Waals surface area contributed by atoms with Gasteiger partial charge in [0.15, 0.2) is 0 Å². The second-order valence-corrected chi connectivity index (χ2v) is 12.5. The molecule has 3 aliphatic rings. The van der Waals surface area contributed by atoms with Gasteiger partial charge in [-0.2, -0.15) is 0 Å². The number of ether oxygens (including phenoxy) is 1. The third-order valence-corrected chi connectivity index (χ3v) is 10.3. The van der Waals surface area contributed by atoms with Crippen LogP contribution < -0.4 is 0 Å². The molecular weight excluding hydrogens is 404 g/mol. The van der Waals surface area contributed by atoms with Crippen molar-refractivity contribution in [2.75, 3.05) is 7.11 Å².